The van der Waals surface area contributed by atoms with Crippen LogP contribution in [0.2, 0.25) is 0 Å². The molecule has 7 nitrogen and oxygen atoms in total. The summed E-state index contributed by atoms with van der Waals surface area (Å²) in [5.41, 5.74) is 0.155. The number of hydrogen-bond donors (Lipinski definition) is 3. The zero-order chi connectivity index (χ0) is 21.6. The molecule has 0 aromatic heterocycles. The molecule has 7 heteroatoms. The van der Waals surface area contributed by atoms with Crippen LogP contribution in [-0.2, 0) is 4.74 Å². The number of amides is 1. The largest absolute Gasteiger partial charge is 0.478 e. The third-order valence-corrected chi connectivity index (χ3v) is 5.27. The first kappa shape index (κ1) is 23.9. The SMILES string of the molecule is C=CCCNCCCCOC1CCC(CNC(=O)Oc2ccc(C(=O)O)cc2)CC1. The molecular formula is C23H34N2O5. The van der Waals surface area contributed by atoms with Crippen LogP contribution in [0.5, 0.6) is 5.75 Å². The fourth-order valence-electron chi connectivity index (χ4n) is 3.47. The highest BCUT2D eigenvalue weighted by atomic mass is 16.6. The highest BCUT2D eigenvalue weighted by Gasteiger charge is 2.22. The Balaban J connectivity index is 1.51. The van der Waals surface area contributed by atoms with E-state index in [0.29, 0.717) is 24.3 Å². The number of benzene rings is 1. The Labute approximate surface area is 178 Å². The van der Waals surface area contributed by atoms with E-state index in [1.165, 1.54) is 24.3 Å². The fraction of sp³-hybridized carbons (Fsp3) is 0.565. The molecule has 30 heavy (non-hydrogen) atoms. The molecule has 0 spiro atoms. The topological polar surface area (TPSA) is 96.9 Å². The summed E-state index contributed by atoms with van der Waals surface area (Å²) in [6.45, 7) is 7.11. The molecule has 0 heterocycles. The van der Waals surface area contributed by atoms with E-state index in [4.69, 9.17) is 14.6 Å². The lowest BCUT2D eigenvalue weighted by molar-refractivity contribution is 0.0166. The molecule has 0 aliphatic heterocycles. The van der Waals surface area contributed by atoms with Gasteiger partial charge in [-0.15, -0.1) is 6.58 Å². The molecule has 1 fully saturated rings. The normalized spacial score (nSPS) is 18.5. The van der Waals surface area contributed by atoms with Crippen LogP contribution in [0.1, 0.15) is 55.3 Å². The number of aromatic carboxylic acids is 1. The van der Waals surface area contributed by atoms with Crippen molar-refractivity contribution >= 4 is 12.1 Å². The molecule has 166 valence electrons. The molecule has 1 amide bonds. The van der Waals surface area contributed by atoms with E-state index in [9.17, 15) is 9.59 Å². The van der Waals surface area contributed by atoms with Crippen molar-refractivity contribution in [3.05, 3.63) is 42.5 Å². The fourth-order valence-corrected chi connectivity index (χ4v) is 3.47. The smallest absolute Gasteiger partial charge is 0.412 e. The lowest BCUT2D eigenvalue weighted by Crippen LogP contribution is -2.34. The second-order valence-electron chi connectivity index (χ2n) is 7.65. The molecule has 1 aliphatic rings. The van der Waals surface area contributed by atoms with E-state index in [1.54, 1.807) is 0 Å². The van der Waals surface area contributed by atoms with Crippen molar-refractivity contribution in [3.63, 3.8) is 0 Å². The third-order valence-electron chi connectivity index (χ3n) is 5.27. The van der Waals surface area contributed by atoms with Crippen LogP contribution in [-0.4, -0.2) is 49.5 Å². The second-order valence-corrected chi connectivity index (χ2v) is 7.65. The summed E-state index contributed by atoms with van der Waals surface area (Å²) in [4.78, 5) is 22.8. The number of carbonyl (C=O) groups excluding carboxylic acids is 1. The molecule has 1 aromatic rings. The minimum Gasteiger partial charge on any atom is -0.478 e. The van der Waals surface area contributed by atoms with Gasteiger partial charge in [-0.25, -0.2) is 9.59 Å². The number of rotatable bonds is 13. The number of unbranched alkanes of at least 4 members (excludes halogenated alkanes) is 1. The van der Waals surface area contributed by atoms with Crippen molar-refractivity contribution in [2.75, 3.05) is 26.2 Å². The van der Waals surface area contributed by atoms with E-state index in [-0.39, 0.29) is 5.56 Å². The quantitative estimate of drug-likeness (QED) is 0.331. The molecule has 1 saturated carbocycles. The van der Waals surface area contributed by atoms with Crippen molar-refractivity contribution in [1.29, 1.82) is 0 Å². The van der Waals surface area contributed by atoms with Crippen LogP contribution in [0.25, 0.3) is 0 Å². The van der Waals surface area contributed by atoms with Gasteiger partial charge in [0, 0.05) is 13.2 Å². The van der Waals surface area contributed by atoms with E-state index in [2.05, 4.69) is 17.2 Å². The number of ether oxygens (including phenoxy) is 2. The number of carboxylic acid groups (broad SMARTS) is 1. The Morgan fingerprint density at radius 2 is 1.83 bits per heavy atom. The number of hydrogen-bond acceptors (Lipinski definition) is 5. The molecule has 3 N–H and O–H groups in total. The molecule has 0 saturated heterocycles. The first-order chi connectivity index (χ1) is 14.6. The van der Waals surface area contributed by atoms with Gasteiger partial charge in [-0.1, -0.05) is 6.08 Å². The van der Waals surface area contributed by atoms with E-state index in [0.717, 1.165) is 64.6 Å². The maximum atomic E-state index is 11.9. The van der Waals surface area contributed by atoms with Crippen molar-refractivity contribution in [2.45, 2.75) is 51.0 Å². The van der Waals surface area contributed by atoms with Gasteiger partial charge in [-0.05, 0) is 88.2 Å². The molecule has 1 aliphatic carbocycles. The number of carboxylic acids is 1. The highest BCUT2D eigenvalue weighted by Crippen LogP contribution is 2.26. The van der Waals surface area contributed by atoms with Crippen molar-refractivity contribution < 1.29 is 24.2 Å². The van der Waals surface area contributed by atoms with Crippen LogP contribution in [0.15, 0.2) is 36.9 Å². The molecule has 0 radical (unpaired) electrons. The first-order valence-electron chi connectivity index (χ1n) is 10.8. The van der Waals surface area contributed by atoms with Crippen LogP contribution < -0.4 is 15.4 Å². The van der Waals surface area contributed by atoms with Gasteiger partial charge < -0.3 is 25.2 Å². The Morgan fingerprint density at radius 1 is 1.10 bits per heavy atom. The number of nitrogens with one attached hydrogen (secondary N) is 2. The molecule has 0 atom stereocenters. The lowest BCUT2D eigenvalue weighted by atomic mass is 9.87. The third kappa shape index (κ3) is 9.41. The second kappa shape index (κ2) is 13.8. The van der Waals surface area contributed by atoms with Crippen LogP contribution in [0.3, 0.4) is 0 Å². The van der Waals surface area contributed by atoms with E-state index in [1.807, 2.05) is 6.08 Å². The summed E-state index contributed by atoms with van der Waals surface area (Å²) >= 11 is 0. The average Bonchev–Trinajstić information content (AvgIpc) is 2.75. The van der Waals surface area contributed by atoms with Crippen molar-refractivity contribution in [2.24, 2.45) is 5.92 Å². The Bertz CT molecular complexity index is 654. The molecule has 1 aromatic carbocycles. The standard InChI is InChI=1S/C23H34N2O5/c1-2-3-14-24-15-4-5-16-29-20-10-6-18(7-11-20)17-25-23(28)30-21-12-8-19(9-13-21)22(26)27/h2,8-9,12-13,18,20,24H,1,3-7,10-11,14-17H2,(H,25,28)(H,26,27). The molecule has 0 bridgehead atoms. The van der Waals surface area contributed by atoms with Gasteiger partial charge in [0.25, 0.3) is 0 Å². The van der Waals surface area contributed by atoms with Gasteiger partial charge in [-0.3, -0.25) is 0 Å². The van der Waals surface area contributed by atoms with Crippen molar-refractivity contribution in [3.8, 4) is 5.75 Å². The summed E-state index contributed by atoms with van der Waals surface area (Å²) in [5.74, 6) is -0.256. The monoisotopic (exact) mass is 418 g/mol. The van der Waals surface area contributed by atoms with Gasteiger partial charge in [0.05, 0.1) is 11.7 Å². The molecular weight excluding hydrogens is 384 g/mol. The van der Waals surface area contributed by atoms with Crippen molar-refractivity contribution in [1.82, 2.24) is 10.6 Å². The van der Waals surface area contributed by atoms with Crippen LogP contribution >= 0.6 is 0 Å². The van der Waals surface area contributed by atoms with Gasteiger partial charge in [0.2, 0.25) is 0 Å². The number of carbonyl (C=O) groups is 2. The van der Waals surface area contributed by atoms with Gasteiger partial charge in [-0.2, -0.15) is 0 Å². The van der Waals surface area contributed by atoms with Gasteiger partial charge in [0.1, 0.15) is 5.75 Å². The minimum absolute atomic E-state index is 0.155. The predicted octanol–water partition coefficient (Wildman–Crippen LogP) is 3.99. The van der Waals surface area contributed by atoms with E-state index < -0.39 is 12.1 Å². The van der Waals surface area contributed by atoms with Crippen LogP contribution in [0.4, 0.5) is 4.79 Å². The Hall–Kier alpha value is -2.38. The maximum absolute atomic E-state index is 11.9. The summed E-state index contributed by atoms with van der Waals surface area (Å²) in [7, 11) is 0. The first-order valence-corrected chi connectivity index (χ1v) is 10.8. The Kier molecular flexibility index (Phi) is 11.0. The summed E-state index contributed by atoms with van der Waals surface area (Å²) < 4.78 is 11.2. The Morgan fingerprint density at radius 3 is 2.50 bits per heavy atom. The van der Waals surface area contributed by atoms with E-state index >= 15 is 0 Å². The maximum Gasteiger partial charge on any atom is 0.412 e. The molecule has 0 unspecified atom stereocenters. The summed E-state index contributed by atoms with van der Waals surface area (Å²) in [6, 6.07) is 5.77. The van der Waals surface area contributed by atoms with Crippen LogP contribution in [0, 0.1) is 5.92 Å². The minimum atomic E-state index is -1.01. The molecule has 2 rings (SSSR count). The lowest BCUT2D eigenvalue weighted by Gasteiger charge is -2.28. The highest BCUT2D eigenvalue weighted by molar-refractivity contribution is 5.87. The average molecular weight is 419 g/mol. The summed E-state index contributed by atoms with van der Waals surface area (Å²) in [6.07, 6.45) is 9.04. The van der Waals surface area contributed by atoms with Gasteiger partial charge in [0.15, 0.2) is 0 Å². The zero-order valence-electron chi connectivity index (χ0n) is 17.6. The predicted molar refractivity (Wildman–Crippen MR) is 116 cm³/mol. The zero-order valence-corrected chi connectivity index (χ0v) is 17.6. The summed E-state index contributed by atoms with van der Waals surface area (Å²) in [5, 5.41) is 15.1. The van der Waals surface area contributed by atoms with Gasteiger partial charge >= 0.3 is 12.1 Å².